The van der Waals surface area contributed by atoms with Crippen molar-refractivity contribution >= 4 is 0 Å². The molecule has 0 bridgehead atoms. The summed E-state index contributed by atoms with van der Waals surface area (Å²) in [7, 11) is 2.07. The minimum Gasteiger partial charge on any atom is -0.319 e. The molecule has 0 amide bonds. The predicted octanol–water partition coefficient (Wildman–Crippen LogP) is 2.67. The lowest BCUT2D eigenvalue weighted by atomic mass is 9.82. The van der Waals surface area contributed by atoms with Crippen molar-refractivity contribution in [3.63, 3.8) is 0 Å². The molecule has 1 fully saturated rings. The van der Waals surface area contributed by atoms with E-state index >= 15 is 0 Å². The van der Waals surface area contributed by atoms with E-state index in [0.717, 1.165) is 17.8 Å². The summed E-state index contributed by atoms with van der Waals surface area (Å²) in [5.41, 5.74) is 0. The Morgan fingerprint density at radius 3 is 2.00 bits per heavy atom. The lowest BCUT2D eigenvalue weighted by Gasteiger charge is -2.26. The van der Waals surface area contributed by atoms with Gasteiger partial charge in [0.25, 0.3) is 0 Å². The molecule has 1 heteroatoms. The van der Waals surface area contributed by atoms with Gasteiger partial charge in [0, 0.05) is 0 Å². The van der Waals surface area contributed by atoms with Crippen LogP contribution in [0.25, 0.3) is 0 Å². The third-order valence-corrected chi connectivity index (χ3v) is 3.47. The van der Waals surface area contributed by atoms with E-state index < -0.39 is 0 Å². The van der Waals surface area contributed by atoms with E-state index in [0.29, 0.717) is 0 Å². The van der Waals surface area contributed by atoms with Crippen molar-refractivity contribution in [3.8, 4) is 0 Å². The van der Waals surface area contributed by atoms with Crippen LogP contribution in [0.15, 0.2) is 0 Å². The van der Waals surface area contributed by atoms with Crippen molar-refractivity contribution in [2.45, 2.75) is 39.5 Å². The van der Waals surface area contributed by atoms with E-state index in [9.17, 15) is 0 Å². The molecule has 72 valence electrons. The molecule has 12 heavy (non-hydrogen) atoms. The van der Waals surface area contributed by atoms with E-state index in [4.69, 9.17) is 0 Å². The molecule has 0 heterocycles. The highest BCUT2D eigenvalue weighted by Gasteiger charge is 2.24. The fourth-order valence-electron chi connectivity index (χ4n) is 2.56. The van der Waals surface area contributed by atoms with Gasteiger partial charge in [-0.3, -0.25) is 0 Å². The van der Waals surface area contributed by atoms with E-state index in [1.54, 1.807) is 0 Å². The van der Waals surface area contributed by atoms with Crippen LogP contribution in [0.5, 0.6) is 0 Å². The van der Waals surface area contributed by atoms with Crippen LogP contribution >= 0.6 is 0 Å². The summed E-state index contributed by atoms with van der Waals surface area (Å²) in [5.74, 6) is 2.77. The Balaban J connectivity index is 2.49. The normalized spacial score (nSPS) is 37.8. The quantitative estimate of drug-likeness (QED) is 0.627. The lowest BCUT2D eigenvalue weighted by molar-refractivity contribution is 0.254. The largest absolute Gasteiger partial charge is 0.319 e. The van der Waals surface area contributed by atoms with Crippen molar-refractivity contribution < 1.29 is 0 Å². The predicted molar refractivity (Wildman–Crippen MR) is 54.2 cm³/mol. The van der Waals surface area contributed by atoms with Gasteiger partial charge in [0.05, 0.1) is 0 Å². The molecule has 1 saturated carbocycles. The first kappa shape index (κ1) is 10.0. The van der Waals surface area contributed by atoms with Gasteiger partial charge in [0.1, 0.15) is 0 Å². The summed E-state index contributed by atoms with van der Waals surface area (Å²) in [5, 5.41) is 3.33. The van der Waals surface area contributed by atoms with Crippen LogP contribution < -0.4 is 5.32 Å². The SMILES string of the molecule is CNCC1C(C)CCCCC1C. The van der Waals surface area contributed by atoms with E-state index in [2.05, 4.69) is 26.2 Å². The Kier molecular flexibility index (Phi) is 4.07. The van der Waals surface area contributed by atoms with Crippen molar-refractivity contribution in [2.24, 2.45) is 17.8 Å². The maximum atomic E-state index is 3.33. The summed E-state index contributed by atoms with van der Waals surface area (Å²) < 4.78 is 0. The van der Waals surface area contributed by atoms with Crippen LogP contribution in [-0.2, 0) is 0 Å². The monoisotopic (exact) mass is 169 g/mol. The first-order valence-corrected chi connectivity index (χ1v) is 5.40. The smallest absolute Gasteiger partial charge is 0.00184 e. The summed E-state index contributed by atoms with van der Waals surface area (Å²) in [6, 6.07) is 0. The highest BCUT2D eigenvalue weighted by Crippen LogP contribution is 2.32. The van der Waals surface area contributed by atoms with E-state index in [-0.39, 0.29) is 0 Å². The molecule has 0 aromatic carbocycles. The number of hydrogen-bond donors (Lipinski definition) is 1. The molecule has 1 nitrogen and oxygen atoms in total. The molecule has 1 aliphatic carbocycles. The Hall–Kier alpha value is -0.0400. The molecular formula is C11H23N. The molecule has 2 unspecified atom stereocenters. The van der Waals surface area contributed by atoms with Gasteiger partial charge in [0.2, 0.25) is 0 Å². The Bertz CT molecular complexity index is 110. The fourth-order valence-corrected chi connectivity index (χ4v) is 2.56. The molecule has 1 rings (SSSR count). The van der Waals surface area contributed by atoms with E-state index in [1.165, 1.54) is 32.2 Å². The first-order chi connectivity index (χ1) is 5.75. The molecule has 0 saturated heterocycles. The van der Waals surface area contributed by atoms with Gasteiger partial charge >= 0.3 is 0 Å². The van der Waals surface area contributed by atoms with Crippen molar-refractivity contribution in [1.82, 2.24) is 5.32 Å². The highest BCUT2D eigenvalue weighted by molar-refractivity contribution is 4.77. The summed E-state index contributed by atoms with van der Waals surface area (Å²) in [6.45, 7) is 6.05. The molecule has 2 atom stereocenters. The van der Waals surface area contributed by atoms with Crippen LogP contribution in [0.2, 0.25) is 0 Å². The topological polar surface area (TPSA) is 12.0 Å². The Morgan fingerprint density at radius 2 is 1.58 bits per heavy atom. The van der Waals surface area contributed by atoms with Crippen molar-refractivity contribution in [2.75, 3.05) is 13.6 Å². The summed E-state index contributed by atoms with van der Waals surface area (Å²) in [4.78, 5) is 0. The van der Waals surface area contributed by atoms with Gasteiger partial charge in [-0.15, -0.1) is 0 Å². The molecule has 1 aliphatic rings. The van der Waals surface area contributed by atoms with Crippen LogP contribution in [0.3, 0.4) is 0 Å². The lowest BCUT2D eigenvalue weighted by Crippen LogP contribution is -2.28. The number of hydrogen-bond acceptors (Lipinski definition) is 1. The van der Waals surface area contributed by atoms with E-state index in [1.807, 2.05) is 0 Å². The molecule has 0 spiro atoms. The minimum absolute atomic E-state index is 0.914. The summed E-state index contributed by atoms with van der Waals surface area (Å²) in [6.07, 6.45) is 5.78. The van der Waals surface area contributed by atoms with Gasteiger partial charge in [-0.1, -0.05) is 39.5 Å². The van der Waals surface area contributed by atoms with Crippen LogP contribution in [0.1, 0.15) is 39.5 Å². The Labute approximate surface area is 76.9 Å². The first-order valence-electron chi connectivity index (χ1n) is 5.40. The third-order valence-electron chi connectivity index (χ3n) is 3.47. The standard InChI is InChI=1S/C11H23N/c1-9-6-4-5-7-10(2)11(9)8-12-3/h9-12H,4-8H2,1-3H3. The molecular weight excluding hydrogens is 146 g/mol. The van der Waals surface area contributed by atoms with Crippen LogP contribution in [0.4, 0.5) is 0 Å². The van der Waals surface area contributed by atoms with Gasteiger partial charge in [0.15, 0.2) is 0 Å². The second-order valence-electron chi connectivity index (χ2n) is 4.46. The molecule has 1 N–H and O–H groups in total. The molecule has 0 aliphatic heterocycles. The van der Waals surface area contributed by atoms with Crippen molar-refractivity contribution in [3.05, 3.63) is 0 Å². The molecule has 0 radical (unpaired) electrons. The minimum atomic E-state index is 0.914. The second kappa shape index (κ2) is 4.86. The number of nitrogens with one attached hydrogen (secondary N) is 1. The molecule has 0 aromatic rings. The van der Waals surface area contributed by atoms with Gasteiger partial charge in [-0.2, -0.15) is 0 Å². The second-order valence-corrected chi connectivity index (χ2v) is 4.46. The van der Waals surface area contributed by atoms with Crippen molar-refractivity contribution in [1.29, 1.82) is 0 Å². The maximum Gasteiger partial charge on any atom is -0.00184 e. The zero-order valence-corrected chi connectivity index (χ0v) is 8.77. The van der Waals surface area contributed by atoms with Crippen LogP contribution in [0, 0.1) is 17.8 Å². The summed E-state index contributed by atoms with van der Waals surface area (Å²) >= 11 is 0. The zero-order valence-electron chi connectivity index (χ0n) is 8.77. The number of rotatable bonds is 2. The maximum absolute atomic E-state index is 3.33. The average molecular weight is 169 g/mol. The highest BCUT2D eigenvalue weighted by atomic mass is 14.8. The Morgan fingerprint density at radius 1 is 1.08 bits per heavy atom. The molecule has 0 aromatic heterocycles. The fraction of sp³-hybridized carbons (Fsp3) is 1.00. The third kappa shape index (κ3) is 2.48. The van der Waals surface area contributed by atoms with Gasteiger partial charge in [-0.25, -0.2) is 0 Å². The van der Waals surface area contributed by atoms with Gasteiger partial charge in [-0.05, 0) is 31.3 Å². The van der Waals surface area contributed by atoms with Gasteiger partial charge < -0.3 is 5.32 Å². The zero-order chi connectivity index (χ0) is 8.97. The van der Waals surface area contributed by atoms with Crippen LogP contribution in [-0.4, -0.2) is 13.6 Å². The average Bonchev–Trinajstić information content (AvgIpc) is 2.19.